The number of benzene rings is 2. The molecule has 1 fully saturated rings. The number of fused-ring (bicyclic) bond motifs is 1. The second-order valence-corrected chi connectivity index (χ2v) is 8.53. The molecule has 0 unspecified atom stereocenters. The highest BCUT2D eigenvalue weighted by molar-refractivity contribution is 6.31. The van der Waals surface area contributed by atoms with Crippen molar-refractivity contribution in [2.24, 2.45) is 0 Å². The predicted molar refractivity (Wildman–Crippen MR) is 127 cm³/mol. The van der Waals surface area contributed by atoms with Gasteiger partial charge in [-0.1, -0.05) is 16.8 Å². The zero-order chi connectivity index (χ0) is 23.8. The first-order chi connectivity index (χ1) is 16.5. The smallest absolute Gasteiger partial charge is 0.258 e. The number of aromatic amines is 1. The number of ether oxygens (including phenoxy) is 2. The molecule has 1 N–H and O–H groups in total. The first kappa shape index (κ1) is 22.3. The molecule has 2 aromatic carbocycles. The molecule has 9 nitrogen and oxygen atoms in total. The van der Waals surface area contributed by atoms with Gasteiger partial charge in [-0.25, -0.2) is 4.68 Å². The SMILES string of the molecule is CO[C@@H]1CN(C(=O)c2ccc(-n3cc(-c4cc5cc(Cl)ccc5[nH]c4=O)nn3)cc2)C[C@H]1OC. The van der Waals surface area contributed by atoms with Crippen LogP contribution in [0.1, 0.15) is 10.4 Å². The Bertz CT molecular complexity index is 1400. The molecule has 4 aromatic rings. The van der Waals surface area contributed by atoms with Gasteiger partial charge >= 0.3 is 0 Å². The Morgan fingerprint density at radius 1 is 1.06 bits per heavy atom. The van der Waals surface area contributed by atoms with Gasteiger partial charge in [0, 0.05) is 48.8 Å². The second-order valence-electron chi connectivity index (χ2n) is 8.10. The van der Waals surface area contributed by atoms with Crippen LogP contribution in [0.4, 0.5) is 0 Å². The third-order valence-corrected chi connectivity index (χ3v) is 6.30. The number of hydrogen-bond donors (Lipinski definition) is 1. The summed E-state index contributed by atoms with van der Waals surface area (Å²) >= 11 is 6.08. The first-order valence-corrected chi connectivity index (χ1v) is 11.0. The third-order valence-electron chi connectivity index (χ3n) is 6.06. The Kier molecular flexibility index (Phi) is 5.91. The van der Waals surface area contributed by atoms with Crippen molar-refractivity contribution in [1.82, 2.24) is 24.9 Å². The van der Waals surface area contributed by atoms with Gasteiger partial charge in [0.2, 0.25) is 0 Å². The highest BCUT2D eigenvalue weighted by Crippen LogP contribution is 2.22. The van der Waals surface area contributed by atoms with E-state index in [2.05, 4.69) is 15.3 Å². The number of methoxy groups -OCH3 is 2. The minimum Gasteiger partial charge on any atom is -0.377 e. The van der Waals surface area contributed by atoms with Crippen LogP contribution in [0.5, 0.6) is 0 Å². The average Bonchev–Trinajstić information content (AvgIpc) is 3.51. The lowest BCUT2D eigenvalue weighted by Crippen LogP contribution is -2.30. The van der Waals surface area contributed by atoms with Gasteiger partial charge in [0.1, 0.15) is 17.9 Å². The molecule has 0 bridgehead atoms. The van der Waals surface area contributed by atoms with Gasteiger partial charge in [0.05, 0.1) is 17.4 Å². The van der Waals surface area contributed by atoms with Crippen molar-refractivity contribution in [3.05, 3.63) is 75.7 Å². The van der Waals surface area contributed by atoms with Crippen molar-refractivity contribution < 1.29 is 14.3 Å². The van der Waals surface area contributed by atoms with E-state index in [0.29, 0.717) is 46.1 Å². The maximum atomic E-state index is 12.9. The molecule has 2 atom stereocenters. The molecule has 34 heavy (non-hydrogen) atoms. The molecule has 10 heteroatoms. The minimum absolute atomic E-state index is 0.0891. The van der Waals surface area contributed by atoms with Gasteiger partial charge in [-0.05, 0) is 48.5 Å². The summed E-state index contributed by atoms with van der Waals surface area (Å²) in [5.74, 6) is -0.0891. The minimum atomic E-state index is -0.267. The summed E-state index contributed by atoms with van der Waals surface area (Å²) in [6.45, 7) is 0.959. The lowest BCUT2D eigenvalue weighted by Gasteiger charge is -2.16. The first-order valence-electron chi connectivity index (χ1n) is 10.7. The number of halogens is 1. The molecule has 5 rings (SSSR count). The van der Waals surface area contributed by atoms with Crippen LogP contribution in [0.25, 0.3) is 27.8 Å². The van der Waals surface area contributed by atoms with Crippen LogP contribution in [0.15, 0.2) is 59.5 Å². The van der Waals surface area contributed by atoms with E-state index < -0.39 is 0 Å². The standard InChI is InChI=1S/C24H22ClN5O4/c1-33-21-12-29(13-22(21)34-2)24(32)14-3-6-17(7-4-14)30-11-20(27-28-30)18-10-15-9-16(25)5-8-19(15)26-23(18)31/h3-11,21-22H,12-13H2,1-2H3,(H,26,31)/t21-,22-/m1/s1. The summed E-state index contributed by atoms with van der Waals surface area (Å²) in [4.78, 5) is 30.1. The molecule has 1 aliphatic rings. The predicted octanol–water partition coefficient (Wildman–Crippen LogP) is 2.92. The molecule has 174 valence electrons. The Morgan fingerprint density at radius 2 is 1.76 bits per heavy atom. The van der Waals surface area contributed by atoms with E-state index >= 15 is 0 Å². The normalized spacial score (nSPS) is 18.0. The Labute approximate surface area is 199 Å². The van der Waals surface area contributed by atoms with Crippen molar-refractivity contribution in [1.29, 1.82) is 0 Å². The number of nitrogens with zero attached hydrogens (tertiary/aromatic N) is 4. The van der Waals surface area contributed by atoms with E-state index in [4.69, 9.17) is 21.1 Å². The van der Waals surface area contributed by atoms with Crippen LogP contribution in [0.3, 0.4) is 0 Å². The summed E-state index contributed by atoms with van der Waals surface area (Å²) in [5.41, 5.74) is 2.51. The number of nitrogens with one attached hydrogen (secondary N) is 1. The summed E-state index contributed by atoms with van der Waals surface area (Å²) in [6, 6.07) is 14.1. The fourth-order valence-corrected chi connectivity index (χ4v) is 4.36. The molecular weight excluding hydrogens is 458 g/mol. The van der Waals surface area contributed by atoms with E-state index in [0.717, 1.165) is 5.39 Å². The largest absolute Gasteiger partial charge is 0.377 e. The van der Waals surface area contributed by atoms with E-state index in [1.54, 1.807) is 78.5 Å². The number of rotatable bonds is 5. The number of H-pyrrole nitrogens is 1. The van der Waals surface area contributed by atoms with Gasteiger partial charge in [-0.3, -0.25) is 9.59 Å². The maximum absolute atomic E-state index is 12.9. The maximum Gasteiger partial charge on any atom is 0.258 e. The van der Waals surface area contributed by atoms with Crippen LogP contribution >= 0.6 is 11.6 Å². The molecule has 0 aliphatic carbocycles. The van der Waals surface area contributed by atoms with Crippen LogP contribution < -0.4 is 5.56 Å². The van der Waals surface area contributed by atoms with Crippen LogP contribution in [-0.2, 0) is 9.47 Å². The van der Waals surface area contributed by atoms with Crippen LogP contribution in [0, 0.1) is 0 Å². The van der Waals surface area contributed by atoms with Crippen LogP contribution in [-0.4, -0.2) is 70.3 Å². The van der Waals surface area contributed by atoms with E-state index in [1.165, 1.54) is 0 Å². The van der Waals surface area contributed by atoms with Gasteiger partial charge in [0.15, 0.2) is 0 Å². The van der Waals surface area contributed by atoms with Gasteiger partial charge in [-0.2, -0.15) is 0 Å². The fraction of sp³-hybridized carbons (Fsp3) is 0.250. The fourth-order valence-electron chi connectivity index (χ4n) is 4.18. The number of pyridine rings is 1. The lowest BCUT2D eigenvalue weighted by atomic mass is 10.1. The number of aromatic nitrogens is 4. The van der Waals surface area contributed by atoms with Crippen molar-refractivity contribution in [3.63, 3.8) is 0 Å². The number of hydrogen-bond acceptors (Lipinski definition) is 6. The number of carbonyl (C=O) groups excluding carboxylic acids is 1. The monoisotopic (exact) mass is 479 g/mol. The zero-order valence-electron chi connectivity index (χ0n) is 18.6. The van der Waals surface area contributed by atoms with Crippen molar-refractivity contribution >= 4 is 28.4 Å². The van der Waals surface area contributed by atoms with Gasteiger partial charge in [0.25, 0.3) is 11.5 Å². The molecule has 0 radical (unpaired) electrons. The molecule has 0 spiro atoms. The summed E-state index contributed by atoms with van der Waals surface area (Å²) in [6.07, 6.45) is 1.39. The molecular formula is C24H22ClN5O4. The molecule has 1 amide bonds. The van der Waals surface area contributed by atoms with Crippen molar-refractivity contribution in [2.75, 3.05) is 27.3 Å². The number of amides is 1. The Morgan fingerprint density at radius 3 is 2.44 bits per heavy atom. The summed E-state index contributed by atoms with van der Waals surface area (Å²) < 4.78 is 12.4. The van der Waals surface area contributed by atoms with Crippen molar-refractivity contribution in [3.8, 4) is 16.9 Å². The summed E-state index contributed by atoms with van der Waals surface area (Å²) in [7, 11) is 3.24. The molecule has 0 saturated carbocycles. The zero-order valence-corrected chi connectivity index (χ0v) is 19.3. The topological polar surface area (TPSA) is 102 Å². The number of likely N-dealkylation sites (tertiary alicyclic amines) is 1. The average molecular weight is 480 g/mol. The van der Waals surface area contributed by atoms with Crippen LogP contribution in [0.2, 0.25) is 5.02 Å². The summed E-state index contributed by atoms with van der Waals surface area (Å²) in [5, 5.41) is 9.70. The Balaban J connectivity index is 1.37. The Hall–Kier alpha value is -3.53. The lowest BCUT2D eigenvalue weighted by molar-refractivity contribution is -0.00461. The number of carbonyl (C=O) groups is 1. The van der Waals surface area contributed by atoms with Gasteiger partial charge in [-0.15, -0.1) is 5.10 Å². The highest BCUT2D eigenvalue weighted by Gasteiger charge is 2.35. The van der Waals surface area contributed by atoms with E-state index in [1.807, 2.05) is 0 Å². The molecule has 1 saturated heterocycles. The molecule has 3 heterocycles. The second kappa shape index (κ2) is 9.02. The highest BCUT2D eigenvalue weighted by atomic mass is 35.5. The quantitative estimate of drug-likeness (QED) is 0.472. The van der Waals surface area contributed by atoms with Gasteiger partial charge < -0.3 is 19.4 Å². The van der Waals surface area contributed by atoms with E-state index in [-0.39, 0.29) is 23.7 Å². The third kappa shape index (κ3) is 4.09. The molecule has 1 aliphatic heterocycles. The van der Waals surface area contributed by atoms with Crippen molar-refractivity contribution in [2.45, 2.75) is 12.2 Å². The molecule has 2 aromatic heterocycles. The van der Waals surface area contributed by atoms with E-state index in [9.17, 15) is 9.59 Å².